The van der Waals surface area contributed by atoms with Crippen molar-refractivity contribution >= 4 is 17.4 Å². The number of aliphatic hydroxyl groups is 1. The maximum absolute atomic E-state index is 13.1. The summed E-state index contributed by atoms with van der Waals surface area (Å²) >= 11 is 0. The van der Waals surface area contributed by atoms with E-state index in [2.05, 4.69) is 0 Å². The zero-order valence-corrected chi connectivity index (χ0v) is 19.9. The number of nitrogens with zero attached hydrogens (tertiary/aromatic N) is 2. The number of ketones is 1. The number of likely N-dealkylation sites (tertiary alicyclic amines) is 1. The molecule has 2 aromatic rings. The Bertz CT molecular complexity index is 1030. The molecule has 1 unspecified atom stereocenters. The molecular weight excluding hydrogens is 420 g/mol. The van der Waals surface area contributed by atoms with Crippen LogP contribution >= 0.6 is 0 Å². The van der Waals surface area contributed by atoms with Crippen molar-refractivity contribution in [2.75, 3.05) is 33.8 Å². The average Bonchev–Trinajstić information content (AvgIpc) is 3.02. The lowest BCUT2D eigenvalue weighted by Crippen LogP contribution is -2.35. The van der Waals surface area contributed by atoms with E-state index >= 15 is 0 Å². The zero-order valence-electron chi connectivity index (χ0n) is 19.9. The van der Waals surface area contributed by atoms with Crippen LogP contribution in [0, 0.1) is 0 Å². The molecule has 0 aromatic heterocycles. The van der Waals surface area contributed by atoms with E-state index in [1.54, 1.807) is 24.3 Å². The van der Waals surface area contributed by atoms with Gasteiger partial charge in [0, 0.05) is 18.7 Å². The highest BCUT2D eigenvalue weighted by atomic mass is 16.5. The number of Topliss-reactive ketones (excluding diaryl/α,β-unsaturated/α-hetero) is 1. The molecule has 3 rings (SSSR count). The molecule has 1 fully saturated rings. The van der Waals surface area contributed by atoms with Gasteiger partial charge in [0.25, 0.3) is 11.7 Å². The smallest absolute Gasteiger partial charge is 0.295 e. The van der Waals surface area contributed by atoms with Gasteiger partial charge in [0.1, 0.15) is 17.3 Å². The molecule has 176 valence electrons. The van der Waals surface area contributed by atoms with Gasteiger partial charge in [-0.3, -0.25) is 9.59 Å². The van der Waals surface area contributed by atoms with E-state index in [9.17, 15) is 14.7 Å². The summed E-state index contributed by atoms with van der Waals surface area (Å²) in [5.41, 5.74) is 1.23. The maximum Gasteiger partial charge on any atom is 0.295 e. The van der Waals surface area contributed by atoms with Gasteiger partial charge in [-0.25, -0.2) is 0 Å². The number of ether oxygens (including phenoxy) is 2. The quantitative estimate of drug-likeness (QED) is 0.354. The number of carbonyl (C=O) groups is 2. The van der Waals surface area contributed by atoms with Crippen molar-refractivity contribution in [3.63, 3.8) is 0 Å². The summed E-state index contributed by atoms with van der Waals surface area (Å²) < 4.78 is 11.3. The highest BCUT2D eigenvalue weighted by Crippen LogP contribution is 2.40. The molecule has 1 aliphatic heterocycles. The molecule has 1 N–H and O–H groups in total. The number of hydrogen-bond donors (Lipinski definition) is 1. The van der Waals surface area contributed by atoms with Crippen molar-refractivity contribution < 1.29 is 24.2 Å². The number of hydrogen-bond acceptors (Lipinski definition) is 6. The summed E-state index contributed by atoms with van der Waals surface area (Å²) in [5, 5.41) is 11.2. The third-order valence-electron chi connectivity index (χ3n) is 5.31. The van der Waals surface area contributed by atoms with E-state index in [0.29, 0.717) is 36.8 Å². The lowest BCUT2D eigenvalue weighted by Gasteiger charge is -2.26. The van der Waals surface area contributed by atoms with Crippen molar-refractivity contribution in [2.24, 2.45) is 0 Å². The topological polar surface area (TPSA) is 79.3 Å². The van der Waals surface area contributed by atoms with Crippen LogP contribution in [0.3, 0.4) is 0 Å². The first kappa shape index (κ1) is 24.3. The van der Waals surface area contributed by atoms with Crippen LogP contribution in [0.15, 0.2) is 54.1 Å². The van der Waals surface area contributed by atoms with Gasteiger partial charge in [-0.05, 0) is 64.7 Å². The Hall–Kier alpha value is -3.32. The molecule has 1 saturated heterocycles. The summed E-state index contributed by atoms with van der Waals surface area (Å²) in [7, 11) is 3.81. The summed E-state index contributed by atoms with van der Waals surface area (Å²) in [6, 6.07) is 13.5. The number of rotatable bonds is 9. The van der Waals surface area contributed by atoms with Crippen LogP contribution in [0.5, 0.6) is 11.5 Å². The molecule has 33 heavy (non-hydrogen) atoms. The molecule has 0 radical (unpaired) electrons. The van der Waals surface area contributed by atoms with Crippen LogP contribution in [0.4, 0.5) is 0 Å². The molecule has 2 aromatic carbocycles. The molecule has 7 nitrogen and oxygen atoms in total. The Morgan fingerprint density at radius 1 is 1.09 bits per heavy atom. The number of benzene rings is 2. The molecule has 0 bridgehead atoms. The predicted molar refractivity (Wildman–Crippen MR) is 127 cm³/mol. The van der Waals surface area contributed by atoms with Gasteiger partial charge in [-0.1, -0.05) is 24.3 Å². The molecule has 0 aliphatic carbocycles. The Morgan fingerprint density at radius 3 is 2.39 bits per heavy atom. The van der Waals surface area contributed by atoms with Gasteiger partial charge < -0.3 is 24.4 Å². The van der Waals surface area contributed by atoms with Gasteiger partial charge in [0.05, 0.1) is 24.3 Å². The first-order valence-electron chi connectivity index (χ1n) is 11.2. The van der Waals surface area contributed by atoms with Crippen molar-refractivity contribution in [1.82, 2.24) is 9.80 Å². The van der Waals surface area contributed by atoms with Gasteiger partial charge in [-0.2, -0.15) is 0 Å². The average molecular weight is 453 g/mol. The molecule has 7 heteroatoms. The van der Waals surface area contributed by atoms with E-state index in [1.807, 2.05) is 64.0 Å². The van der Waals surface area contributed by atoms with Crippen LogP contribution < -0.4 is 9.47 Å². The highest BCUT2D eigenvalue weighted by Gasteiger charge is 2.45. The standard InChI is InChI=1S/C26H32N2O5/c1-6-32-20-12-10-18(11-13-20)23-22(25(30)26(31)28(23)15-14-27(4)5)24(29)19-8-7-9-21(16-19)33-17(2)3/h7-13,16-17,23,29H,6,14-15H2,1-5H3/b24-22-. The molecular formula is C26H32N2O5. The Labute approximate surface area is 195 Å². The van der Waals surface area contributed by atoms with Crippen LogP contribution in [0.25, 0.3) is 5.76 Å². The monoisotopic (exact) mass is 452 g/mol. The third kappa shape index (κ3) is 5.54. The summed E-state index contributed by atoms with van der Waals surface area (Å²) in [6.45, 7) is 7.20. The van der Waals surface area contributed by atoms with E-state index in [0.717, 1.165) is 5.56 Å². The van der Waals surface area contributed by atoms with Crippen molar-refractivity contribution in [3.05, 3.63) is 65.2 Å². The lowest BCUT2D eigenvalue weighted by atomic mass is 9.95. The summed E-state index contributed by atoms with van der Waals surface area (Å²) in [5.74, 6) is -0.250. The SMILES string of the molecule is CCOc1ccc(C2/C(=C(/O)c3cccc(OC(C)C)c3)C(=O)C(=O)N2CCN(C)C)cc1. The number of carbonyl (C=O) groups excluding carboxylic acids is 2. The Morgan fingerprint density at radius 2 is 1.79 bits per heavy atom. The minimum Gasteiger partial charge on any atom is -0.507 e. The van der Waals surface area contributed by atoms with Crippen LogP contribution in [0.2, 0.25) is 0 Å². The second-order valence-electron chi connectivity index (χ2n) is 8.49. The number of likely N-dealkylation sites (N-methyl/N-ethyl adjacent to an activating group) is 1. The zero-order chi connectivity index (χ0) is 24.1. The van der Waals surface area contributed by atoms with Crippen LogP contribution in [-0.4, -0.2) is 66.5 Å². The largest absolute Gasteiger partial charge is 0.507 e. The van der Waals surface area contributed by atoms with Crippen molar-refractivity contribution in [3.8, 4) is 11.5 Å². The van der Waals surface area contributed by atoms with Crippen molar-refractivity contribution in [2.45, 2.75) is 32.9 Å². The van der Waals surface area contributed by atoms with E-state index < -0.39 is 17.7 Å². The normalized spacial score (nSPS) is 17.8. The van der Waals surface area contributed by atoms with Gasteiger partial charge in [-0.15, -0.1) is 0 Å². The Kier molecular flexibility index (Phi) is 7.76. The second kappa shape index (κ2) is 10.5. The molecule has 0 saturated carbocycles. The highest BCUT2D eigenvalue weighted by molar-refractivity contribution is 6.46. The van der Waals surface area contributed by atoms with Crippen LogP contribution in [-0.2, 0) is 9.59 Å². The van der Waals surface area contributed by atoms with Crippen LogP contribution in [0.1, 0.15) is 37.9 Å². The minimum absolute atomic E-state index is 0.0390. The van der Waals surface area contributed by atoms with Gasteiger partial charge >= 0.3 is 0 Å². The first-order chi connectivity index (χ1) is 15.7. The van der Waals surface area contributed by atoms with E-state index in [-0.39, 0.29) is 17.4 Å². The van der Waals surface area contributed by atoms with Crippen molar-refractivity contribution in [1.29, 1.82) is 0 Å². The fourth-order valence-corrected chi connectivity index (χ4v) is 3.82. The fraction of sp³-hybridized carbons (Fsp3) is 0.385. The minimum atomic E-state index is -0.699. The fourth-order valence-electron chi connectivity index (χ4n) is 3.82. The number of aliphatic hydroxyl groups excluding tert-OH is 1. The van der Waals surface area contributed by atoms with E-state index in [4.69, 9.17) is 9.47 Å². The van der Waals surface area contributed by atoms with E-state index in [1.165, 1.54) is 4.90 Å². The molecule has 1 amide bonds. The van der Waals surface area contributed by atoms with Gasteiger partial charge in [0.2, 0.25) is 0 Å². The lowest BCUT2D eigenvalue weighted by molar-refractivity contribution is -0.140. The second-order valence-corrected chi connectivity index (χ2v) is 8.49. The first-order valence-corrected chi connectivity index (χ1v) is 11.2. The molecule has 1 aliphatic rings. The number of amides is 1. The maximum atomic E-state index is 13.1. The molecule has 1 atom stereocenters. The summed E-state index contributed by atoms with van der Waals surface area (Å²) in [6.07, 6.45) is -0.0390. The third-order valence-corrected chi connectivity index (χ3v) is 5.31. The molecule has 1 heterocycles. The van der Waals surface area contributed by atoms with Gasteiger partial charge in [0.15, 0.2) is 0 Å². The predicted octanol–water partition coefficient (Wildman–Crippen LogP) is 3.86. The summed E-state index contributed by atoms with van der Waals surface area (Å²) in [4.78, 5) is 29.6. The molecule has 0 spiro atoms. The Balaban J connectivity index is 2.09.